The Morgan fingerprint density at radius 3 is 2.61 bits per heavy atom. The minimum absolute atomic E-state index is 0.00347. The number of rotatable bonds is 11. The summed E-state index contributed by atoms with van der Waals surface area (Å²) >= 11 is 1.37. The van der Waals surface area contributed by atoms with E-state index in [1.54, 1.807) is 0 Å². The van der Waals surface area contributed by atoms with Crippen LogP contribution in [-0.2, 0) is 22.4 Å². The third-order valence-electron chi connectivity index (χ3n) is 4.12. The molecule has 0 saturated carbocycles. The van der Waals surface area contributed by atoms with Gasteiger partial charge < -0.3 is 27.0 Å². The Kier molecular flexibility index (Phi) is 7.38. The molecule has 2 rings (SSSR count). The van der Waals surface area contributed by atoms with Crippen LogP contribution in [0.4, 0.5) is 16.8 Å². The van der Waals surface area contributed by atoms with Crippen molar-refractivity contribution in [3.63, 3.8) is 0 Å². The molecule has 0 saturated heterocycles. The van der Waals surface area contributed by atoms with Gasteiger partial charge in [-0.2, -0.15) is 4.98 Å². The lowest BCUT2D eigenvalue weighted by Gasteiger charge is -2.12. The number of carboxylic acids is 2. The maximum atomic E-state index is 11.8. The van der Waals surface area contributed by atoms with Crippen LogP contribution in [-0.4, -0.2) is 38.2 Å². The number of nitrogens with zero attached hydrogens (tertiary/aromatic N) is 1. The molecule has 2 aromatic rings. The fourth-order valence-corrected chi connectivity index (χ4v) is 3.58. The number of nitrogens with two attached hydrogens (primary N) is 2. The van der Waals surface area contributed by atoms with E-state index in [0.29, 0.717) is 17.0 Å². The Hall–Kier alpha value is -3.08. The summed E-state index contributed by atoms with van der Waals surface area (Å²) in [6, 6.07) is 0.906. The molecule has 8 N–H and O–H groups in total. The predicted octanol–water partition coefficient (Wildman–Crippen LogP) is 1.29. The number of nitrogen functional groups attached to an aromatic ring is 2. The second-order valence-corrected chi connectivity index (χ2v) is 7.22. The highest BCUT2D eigenvalue weighted by atomic mass is 32.1. The van der Waals surface area contributed by atoms with E-state index in [1.165, 1.54) is 11.3 Å². The summed E-state index contributed by atoms with van der Waals surface area (Å²) in [4.78, 5) is 40.0. The highest BCUT2D eigenvalue weighted by molar-refractivity contribution is 7.14. The van der Waals surface area contributed by atoms with Crippen molar-refractivity contribution < 1.29 is 19.8 Å². The second-order valence-electron chi connectivity index (χ2n) is 6.31. The number of carboxylic acid groups (broad SMARTS) is 2. The number of aromatic amines is 1. The van der Waals surface area contributed by atoms with E-state index in [2.05, 4.69) is 15.3 Å². The number of unbranched alkanes of at least 4 members (excludes halogenated alkanes) is 1. The van der Waals surface area contributed by atoms with E-state index < -0.39 is 18.0 Å². The van der Waals surface area contributed by atoms with Crippen molar-refractivity contribution in [3.05, 3.63) is 32.9 Å². The van der Waals surface area contributed by atoms with Gasteiger partial charge in [-0.1, -0.05) is 0 Å². The number of hydrogen-bond acceptors (Lipinski definition) is 8. The summed E-state index contributed by atoms with van der Waals surface area (Å²) in [7, 11) is 0. The Balaban J connectivity index is 1.83. The first kappa shape index (κ1) is 21.2. The Bertz CT molecular complexity index is 894. The highest BCUT2D eigenvalue weighted by Gasteiger charge is 2.19. The molecule has 152 valence electrons. The lowest BCUT2D eigenvalue weighted by Crippen LogP contribution is -2.29. The molecular formula is C17H23N5O5S. The first-order valence-electron chi connectivity index (χ1n) is 8.69. The summed E-state index contributed by atoms with van der Waals surface area (Å²) in [5.74, 6) is -1.98. The fourth-order valence-electron chi connectivity index (χ4n) is 2.69. The number of thiophene rings is 1. The number of anilines is 3. The molecule has 0 aliphatic carbocycles. The summed E-state index contributed by atoms with van der Waals surface area (Å²) < 4.78 is 0. The van der Waals surface area contributed by atoms with Crippen LogP contribution in [0.3, 0.4) is 0 Å². The maximum absolute atomic E-state index is 11.8. The van der Waals surface area contributed by atoms with Gasteiger partial charge in [-0.05, 0) is 49.1 Å². The smallest absolute Gasteiger partial charge is 0.326 e. The first-order chi connectivity index (χ1) is 13.3. The number of aliphatic carboxylic acids is 2. The van der Waals surface area contributed by atoms with E-state index in [0.717, 1.165) is 24.8 Å². The van der Waals surface area contributed by atoms with Gasteiger partial charge in [-0.25, -0.2) is 4.79 Å². The lowest BCUT2D eigenvalue weighted by atomic mass is 10.1. The minimum Gasteiger partial charge on any atom is -0.481 e. The van der Waals surface area contributed by atoms with E-state index in [4.69, 9.17) is 16.6 Å². The zero-order valence-electron chi connectivity index (χ0n) is 15.1. The molecule has 0 spiro atoms. The van der Waals surface area contributed by atoms with Crippen molar-refractivity contribution in [2.45, 2.75) is 44.6 Å². The molecule has 0 aliphatic heterocycles. The number of aromatic nitrogens is 2. The summed E-state index contributed by atoms with van der Waals surface area (Å²) in [6.45, 7) is 0. The van der Waals surface area contributed by atoms with E-state index in [1.807, 2.05) is 11.4 Å². The van der Waals surface area contributed by atoms with Gasteiger partial charge >= 0.3 is 11.9 Å². The SMILES string of the molecule is Nc1nc(N)c(CCCCc2csc(N[C@@H](CCC(=O)O)C(=O)O)c2)c(=O)[nH]1. The molecule has 10 nitrogen and oxygen atoms in total. The third-order valence-corrected chi connectivity index (χ3v) is 5.03. The molecule has 2 heterocycles. The molecule has 0 aliphatic rings. The van der Waals surface area contributed by atoms with Gasteiger partial charge in [0.25, 0.3) is 5.56 Å². The minimum atomic E-state index is -1.09. The molecule has 11 heteroatoms. The highest BCUT2D eigenvalue weighted by Crippen LogP contribution is 2.23. The largest absolute Gasteiger partial charge is 0.481 e. The van der Waals surface area contributed by atoms with Crippen molar-refractivity contribution in [2.24, 2.45) is 0 Å². The lowest BCUT2D eigenvalue weighted by molar-refractivity contribution is -0.139. The molecule has 0 radical (unpaired) electrons. The standard InChI is InChI=1S/C17H23N5O5S/c18-14-10(15(25)22-17(19)21-14)4-2-1-3-9-7-12(28-8-9)20-11(16(26)27)5-6-13(23)24/h7-8,11,20H,1-6H2,(H,23,24)(H,26,27)(H5,18,19,21,22,25)/t11-/m0/s1. The van der Waals surface area contributed by atoms with E-state index >= 15 is 0 Å². The summed E-state index contributed by atoms with van der Waals surface area (Å²) in [5.41, 5.74) is 12.3. The average molecular weight is 409 g/mol. The number of nitrogens with one attached hydrogen (secondary N) is 2. The van der Waals surface area contributed by atoms with Crippen LogP contribution in [0.1, 0.15) is 36.8 Å². The van der Waals surface area contributed by atoms with Crippen LogP contribution < -0.4 is 22.3 Å². The van der Waals surface area contributed by atoms with Gasteiger partial charge in [0.15, 0.2) is 0 Å². The zero-order chi connectivity index (χ0) is 20.7. The number of H-pyrrole nitrogens is 1. The van der Waals surface area contributed by atoms with Gasteiger partial charge in [-0.15, -0.1) is 11.3 Å². The van der Waals surface area contributed by atoms with Crippen molar-refractivity contribution in [3.8, 4) is 0 Å². The molecule has 0 aromatic carbocycles. The van der Waals surface area contributed by atoms with Crippen LogP contribution in [0.15, 0.2) is 16.2 Å². The predicted molar refractivity (Wildman–Crippen MR) is 107 cm³/mol. The van der Waals surface area contributed by atoms with Crippen LogP contribution in [0, 0.1) is 0 Å². The van der Waals surface area contributed by atoms with Crippen LogP contribution in [0.5, 0.6) is 0 Å². The molecule has 28 heavy (non-hydrogen) atoms. The van der Waals surface area contributed by atoms with Crippen LogP contribution in [0.25, 0.3) is 0 Å². The number of carbonyl (C=O) groups is 2. The molecule has 0 amide bonds. The van der Waals surface area contributed by atoms with Crippen LogP contribution in [0.2, 0.25) is 0 Å². The quantitative estimate of drug-likeness (QED) is 0.297. The average Bonchev–Trinajstić information content (AvgIpc) is 3.04. The Morgan fingerprint density at radius 1 is 1.25 bits per heavy atom. The number of hydrogen-bond donors (Lipinski definition) is 6. The van der Waals surface area contributed by atoms with Crippen LogP contribution >= 0.6 is 11.3 Å². The van der Waals surface area contributed by atoms with Crippen molar-refractivity contribution >= 4 is 40.0 Å². The molecule has 0 unspecified atom stereocenters. The molecule has 0 fully saturated rings. The monoisotopic (exact) mass is 409 g/mol. The Morgan fingerprint density at radius 2 is 1.96 bits per heavy atom. The topological polar surface area (TPSA) is 184 Å². The van der Waals surface area contributed by atoms with Gasteiger partial charge in [0, 0.05) is 6.42 Å². The normalized spacial score (nSPS) is 11.9. The van der Waals surface area contributed by atoms with Crippen molar-refractivity contribution in [2.75, 3.05) is 16.8 Å². The summed E-state index contributed by atoms with van der Waals surface area (Å²) in [6.07, 6.45) is 2.56. The molecule has 0 bridgehead atoms. The maximum Gasteiger partial charge on any atom is 0.326 e. The van der Waals surface area contributed by atoms with Gasteiger partial charge in [0.1, 0.15) is 11.9 Å². The third kappa shape index (κ3) is 6.27. The molecule has 1 atom stereocenters. The van der Waals surface area contributed by atoms with Gasteiger partial charge in [0.05, 0.1) is 10.6 Å². The zero-order valence-corrected chi connectivity index (χ0v) is 15.9. The summed E-state index contributed by atoms with van der Waals surface area (Å²) in [5, 5.41) is 23.4. The first-order valence-corrected chi connectivity index (χ1v) is 9.57. The molecule has 2 aromatic heterocycles. The molecular weight excluding hydrogens is 386 g/mol. The van der Waals surface area contributed by atoms with E-state index in [9.17, 15) is 19.5 Å². The Labute approximate surface area is 164 Å². The number of aryl methyl sites for hydroxylation is 1. The van der Waals surface area contributed by atoms with Crippen molar-refractivity contribution in [1.82, 2.24) is 9.97 Å². The second kappa shape index (κ2) is 9.74. The van der Waals surface area contributed by atoms with Gasteiger partial charge in [0.2, 0.25) is 5.95 Å². The van der Waals surface area contributed by atoms with Gasteiger partial charge in [-0.3, -0.25) is 14.6 Å². The van der Waals surface area contributed by atoms with Crippen molar-refractivity contribution in [1.29, 1.82) is 0 Å². The van der Waals surface area contributed by atoms with E-state index in [-0.39, 0.29) is 30.2 Å². The fraction of sp³-hybridized carbons (Fsp3) is 0.412.